The molecule has 0 saturated heterocycles. The number of hydrogen-bond acceptors (Lipinski definition) is 2. The molecule has 1 aromatic heterocycles. The highest BCUT2D eigenvalue weighted by molar-refractivity contribution is 5.42. The lowest BCUT2D eigenvalue weighted by atomic mass is 10.0. The molecule has 0 fully saturated rings. The summed E-state index contributed by atoms with van der Waals surface area (Å²) >= 11 is 0. The van der Waals surface area contributed by atoms with Gasteiger partial charge in [0.25, 0.3) is 0 Å². The van der Waals surface area contributed by atoms with E-state index in [0.29, 0.717) is 12.0 Å². The summed E-state index contributed by atoms with van der Waals surface area (Å²) < 4.78 is 15.7. The van der Waals surface area contributed by atoms with E-state index in [2.05, 4.69) is 4.98 Å². The molecule has 0 amide bonds. The first-order valence-corrected chi connectivity index (χ1v) is 5.73. The van der Waals surface area contributed by atoms with Crippen LogP contribution in [0.4, 0.5) is 4.39 Å². The fraction of sp³-hybridized carbons (Fsp3) is 0.308. The normalized spacial score (nSPS) is 12.6. The molecule has 90 valence electrons. The maximum absolute atomic E-state index is 13.8. The van der Waals surface area contributed by atoms with E-state index in [-0.39, 0.29) is 11.9 Å². The SMILES string of the molecule is CCC(N)Cc1c(F)cccc1-n1ccnc1. The van der Waals surface area contributed by atoms with E-state index in [1.807, 2.05) is 13.0 Å². The van der Waals surface area contributed by atoms with Gasteiger partial charge in [-0.1, -0.05) is 13.0 Å². The summed E-state index contributed by atoms with van der Waals surface area (Å²) in [6.07, 6.45) is 6.51. The molecule has 1 atom stereocenters. The Labute approximate surface area is 100 Å². The van der Waals surface area contributed by atoms with Crippen molar-refractivity contribution < 1.29 is 4.39 Å². The molecular formula is C13H16FN3. The van der Waals surface area contributed by atoms with Crippen molar-refractivity contribution >= 4 is 0 Å². The number of benzene rings is 1. The number of halogens is 1. The van der Waals surface area contributed by atoms with Crippen molar-refractivity contribution in [3.05, 3.63) is 48.3 Å². The van der Waals surface area contributed by atoms with Crippen molar-refractivity contribution in [2.75, 3.05) is 0 Å². The van der Waals surface area contributed by atoms with Gasteiger partial charge >= 0.3 is 0 Å². The van der Waals surface area contributed by atoms with E-state index in [9.17, 15) is 4.39 Å². The Hall–Kier alpha value is -1.68. The number of hydrogen-bond donors (Lipinski definition) is 1. The fourth-order valence-electron chi connectivity index (χ4n) is 1.80. The third kappa shape index (κ3) is 2.53. The highest BCUT2D eigenvalue weighted by Gasteiger charge is 2.12. The Morgan fingerprint density at radius 2 is 2.29 bits per heavy atom. The number of nitrogens with two attached hydrogens (primary N) is 1. The van der Waals surface area contributed by atoms with E-state index < -0.39 is 0 Å². The van der Waals surface area contributed by atoms with Gasteiger partial charge in [0.05, 0.1) is 12.0 Å². The van der Waals surface area contributed by atoms with Crippen molar-refractivity contribution in [1.82, 2.24) is 9.55 Å². The molecule has 4 heteroatoms. The minimum absolute atomic E-state index is 0.0193. The molecule has 2 N–H and O–H groups in total. The van der Waals surface area contributed by atoms with Crippen LogP contribution in [0.25, 0.3) is 5.69 Å². The molecule has 1 aromatic carbocycles. The van der Waals surface area contributed by atoms with E-state index in [1.165, 1.54) is 6.07 Å². The van der Waals surface area contributed by atoms with E-state index in [4.69, 9.17) is 5.73 Å². The first-order valence-electron chi connectivity index (χ1n) is 5.73. The summed E-state index contributed by atoms with van der Waals surface area (Å²) in [5.74, 6) is -0.208. The van der Waals surface area contributed by atoms with Gasteiger partial charge in [-0.05, 0) is 25.0 Å². The summed E-state index contributed by atoms with van der Waals surface area (Å²) in [7, 11) is 0. The minimum Gasteiger partial charge on any atom is -0.327 e. The average Bonchev–Trinajstić information content (AvgIpc) is 2.85. The summed E-state index contributed by atoms with van der Waals surface area (Å²) in [4.78, 5) is 3.98. The molecule has 1 unspecified atom stereocenters. The molecular weight excluding hydrogens is 217 g/mol. The van der Waals surface area contributed by atoms with Gasteiger partial charge in [-0.3, -0.25) is 0 Å². The van der Waals surface area contributed by atoms with Crippen LogP contribution >= 0.6 is 0 Å². The zero-order chi connectivity index (χ0) is 12.3. The van der Waals surface area contributed by atoms with Crippen LogP contribution in [0.3, 0.4) is 0 Å². The summed E-state index contributed by atoms with van der Waals surface area (Å²) in [5, 5.41) is 0. The molecule has 0 saturated carbocycles. The van der Waals surface area contributed by atoms with Gasteiger partial charge in [0.2, 0.25) is 0 Å². The van der Waals surface area contributed by atoms with Crippen LogP contribution in [0.5, 0.6) is 0 Å². The quantitative estimate of drug-likeness (QED) is 0.880. The third-order valence-electron chi connectivity index (χ3n) is 2.87. The van der Waals surface area contributed by atoms with Gasteiger partial charge in [-0.15, -0.1) is 0 Å². The molecule has 2 aromatic rings. The van der Waals surface area contributed by atoms with Gasteiger partial charge in [0.15, 0.2) is 0 Å². The monoisotopic (exact) mass is 233 g/mol. The molecule has 0 aliphatic rings. The Balaban J connectivity index is 2.42. The minimum atomic E-state index is -0.208. The van der Waals surface area contributed by atoms with Crippen molar-refractivity contribution in [2.24, 2.45) is 5.73 Å². The highest BCUT2D eigenvalue weighted by atomic mass is 19.1. The van der Waals surface area contributed by atoms with Crippen molar-refractivity contribution in [3.8, 4) is 5.69 Å². The lowest BCUT2D eigenvalue weighted by Gasteiger charge is -2.14. The number of aromatic nitrogens is 2. The van der Waals surface area contributed by atoms with Crippen molar-refractivity contribution in [1.29, 1.82) is 0 Å². The van der Waals surface area contributed by atoms with E-state index >= 15 is 0 Å². The van der Waals surface area contributed by atoms with Crippen LogP contribution in [0.15, 0.2) is 36.9 Å². The second-order valence-electron chi connectivity index (χ2n) is 4.08. The number of nitrogens with zero attached hydrogens (tertiary/aromatic N) is 2. The average molecular weight is 233 g/mol. The van der Waals surface area contributed by atoms with Crippen molar-refractivity contribution in [3.63, 3.8) is 0 Å². The molecule has 1 heterocycles. The predicted octanol–water partition coefficient (Wildman–Crippen LogP) is 2.29. The zero-order valence-electron chi connectivity index (χ0n) is 9.81. The molecule has 0 aliphatic heterocycles. The lowest BCUT2D eigenvalue weighted by molar-refractivity contribution is 0.576. The Bertz CT molecular complexity index is 479. The molecule has 0 bridgehead atoms. The summed E-state index contributed by atoms with van der Waals surface area (Å²) in [6, 6.07) is 5.03. The predicted molar refractivity (Wildman–Crippen MR) is 65.5 cm³/mol. The second kappa shape index (κ2) is 5.10. The van der Waals surface area contributed by atoms with E-state index in [1.54, 1.807) is 29.4 Å². The molecule has 0 aliphatic carbocycles. The zero-order valence-corrected chi connectivity index (χ0v) is 9.81. The van der Waals surface area contributed by atoms with Crippen LogP contribution < -0.4 is 5.73 Å². The fourth-order valence-corrected chi connectivity index (χ4v) is 1.80. The number of imidazole rings is 1. The third-order valence-corrected chi connectivity index (χ3v) is 2.87. The van der Waals surface area contributed by atoms with Crippen LogP contribution in [-0.4, -0.2) is 15.6 Å². The Kier molecular flexibility index (Phi) is 3.54. The van der Waals surface area contributed by atoms with Gasteiger partial charge in [-0.25, -0.2) is 9.37 Å². The maximum Gasteiger partial charge on any atom is 0.128 e. The summed E-state index contributed by atoms with van der Waals surface area (Å²) in [6.45, 7) is 2.00. The largest absolute Gasteiger partial charge is 0.327 e. The van der Waals surface area contributed by atoms with Crippen molar-refractivity contribution in [2.45, 2.75) is 25.8 Å². The van der Waals surface area contributed by atoms with E-state index in [0.717, 1.165) is 12.1 Å². The Morgan fingerprint density at radius 1 is 1.47 bits per heavy atom. The molecule has 2 rings (SSSR count). The van der Waals surface area contributed by atoms with Crippen LogP contribution in [-0.2, 0) is 6.42 Å². The van der Waals surface area contributed by atoms with Gasteiger partial charge < -0.3 is 10.3 Å². The molecule has 0 radical (unpaired) electrons. The van der Waals surface area contributed by atoms with Crippen LogP contribution in [0.1, 0.15) is 18.9 Å². The topological polar surface area (TPSA) is 43.8 Å². The second-order valence-corrected chi connectivity index (χ2v) is 4.08. The number of rotatable bonds is 4. The lowest BCUT2D eigenvalue weighted by Crippen LogP contribution is -2.23. The molecule has 17 heavy (non-hydrogen) atoms. The molecule has 0 spiro atoms. The van der Waals surface area contributed by atoms with Gasteiger partial charge in [0, 0.05) is 24.0 Å². The molecule has 3 nitrogen and oxygen atoms in total. The highest BCUT2D eigenvalue weighted by Crippen LogP contribution is 2.19. The smallest absolute Gasteiger partial charge is 0.128 e. The first kappa shape index (κ1) is 11.8. The first-order chi connectivity index (χ1) is 8.22. The summed E-state index contributed by atoms with van der Waals surface area (Å²) in [5.41, 5.74) is 7.37. The van der Waals surface area contributed by atoms with Gasteiger partial charge in [-0.2, -0.15) is 0 Å². The van der Waals surface area contributed by atoms with Gasteiger partial charge in [0.1, 0.15) is 5.82 Å². The van der Waals surface area contributed by atoms with Crippen LogP contribution in [0.2, 0.25) is 0 Å². The maximum atomic E-state index is 13.8. The van der Waals surface area contributed by atoms with Crippen LogP contribution in [0, 0.1) is 5.82 Å². The Morgan fingerprint density at radius 3 is 2.94 bits per heavy atom. The standard InChI is InChI=1S/C13H16FN3/c1-2-10(15)8-11-12(14)4-3-5-13(11)17-7-6-16-9-17/h3-7,9-10H,2,8,15H2,1H3.